The summed E-state index contributed by atoms with van der Waals surface area (Å²) in [6.45, 7) is 1.37. The van der Waals surface area contributed by atoms with Gasteiger partial charge in [-0.2, -0.15) is 0 Å². The lowest BCUT2D eigenvalue weighted by atomic mass is 9.93. The summed E-state index contributed by atoms with van der Waals surface area (Å²) in [4.78, 5) is 26.2. The van der Waals surface area contributed by atoms with Crippen molar-refractivity contribution >= 4 is 22.6 Å². The fraction of sp³-hybridized carbons (Fsp3) is 0.316. The number of aromatic nitrogens is 3. The lowest BCUT2D eigenvalue weighted by Crippen LogP contribution is -2.40. The van der Waals surface area contributed by atoms with Crippen LogP contribution in [0.4, 0.5) is 10.2 Å². The van der Waals surface area contributed by atoms with Gasteiger partial charge in [-0.1, -0.05) is 0 Å². The molecular weight excluding hydrogens is 333 g/mol. The first-order valence-corrected chi connectivity index (χ1v) is 8.73. The van der Waals surface area contributed by atoms with Crippen molar-refractivity contribution in [3.8, 4) is 0 Å². The molecule has 0 spiro atoms. The fourth-order valence-electron chi connectivity index (χ4n) is 3.61. The van der Waals surface area contributed by atoms with Crippen molar-refractivity contribution in [2.24, 2.45) is 5.92 Å². The molecule has 1 fully saturated rings. The Balaban J connectivity index is 1.49. The number of likely N-dealkylation sites (tertiary alicyclic amines) is 1. The molecule has 0 radical (unpaired) electrons. The van der Waals surface area contributed by atoms with E-state index in [1.165, 1.54) is 12.1 Å². The quantitative estimate of drug-likeness (QED) is 0.758. The van der Waals surface area contributed by atoms with Crippen molar-refractivity contribution < 1.29 is 9.18 Å². The Morgan fingerprint density at radius 3 is 3.00 bits per heavy atom. The summed E-state index contributed by atoms with van der Waals surface area (Å²) in [5.41, 5.74) is 7.92. The summed E-state index contributed by atoms with van der Waals surface area (Å²) in [6.07, 6.45) is 5.89. The van der Waals surface area contributed by atoms with Gasteiger partial charge in [0.25, 0.3) is 5.91 Å². The van der Waals surface area contributed by atoms with Crippen LogP contribution >= 0.6 is 0 Å². The predicted octanol–water partition coefficient (Wildman–Crippen LogP) is 2.77. The highest BCUT2D eigenvalue weighted by Crippen LogP contribution is 2.24. The number of anilines is 1. The average molecular weight is 353 g/mol. The van der Waals surface area contributed by atoms with Gasteiger partial charge < -0.3 is 15.6 Å². The first-order valence-electron chi connectivity index (χ1n) is 8.73. The van der Waals surface area contributed by atoms with Crippen molar-refractivity contribution in [2.45, 2.75) is 19.3 Å². The van der Waals surface area contributed by atoms with Crippen molar-refractivity contribution in [2.75, 3.05) is 18.8 Å². The summed E-state index contributed by atoms with van der Waals surface area (Å²) in [7, 11) is 0. The molecule has 4 rings (SSSR count). The molecule has 3 N–H and O–H groups in total. The third-order valence-corrected chi connectivity index (χ3v) is 4.91. The minimum Gasteiger partial charge on any atom is -0.382 e. The number of H-pyrrole nitrogens is 1. The van der Waals surface area contributed by atoms with E-state index >= 15 is 0 Å². The van der Waals surface area contributed by atoms with Gasteiger partial charge in [0.2, 0.25) is 0 Å². The number of carbonyl (C=O) groups is 1. The molecule has 3 heterocycles. The number of piperidine rings is 1. The average Bonchev–Trinajstić information content (AvgIpc) is 3.06. The number of halogens is 1. The van der Waals surface area contributed by atoms with Crippen LogP contribution in [0.15, 0.2) is 36.7 Å². The molecular formula is C19H20FN5O. The third-order valence-electron chi connectivity index (χ3n) is 4.91. The summed E-state index contributed by atoms with van der Waals surface area (Å²) in [6, 6.07) is 6.18. The van der Waals surface area contributed by atoms with Gasteiger partial charge >= 0.3 is 0 Å². The van der Waals surface area contributed by atoms with Gasteiger partial charge in [0, 0.05) is 36.4 Å². The summed E-state index contributed by atoms with van der Waals surface area (Å²) in [5.74, 6) is 0.385. The van der Waals surface area contributed by atoms with Gasteiger partial charge in [0.15, 0.2) is 0 Å². The molecule has 1 unspecified atom stereocenters. The number of benzene rings is 1. The number of carbonyl (C=O) groups excluding carboxylic acids is 1. The predicted molar refractivity (Wildman–Crippen MR) is 97.0 cm³/mol. The number of nitrogen functional groups attached to an aromatic ring is 1. The monoisotopic (exact) mass is 353 g/mol. The molecule has 0 bridgehead atoms. The standard InChI is InChI=1S/C19H20FN5O/c20-14-3-4-15-13(9-14)10-17(24-15)19(26)25-7-1-2-12(11-25)8-16-18(21)23-6-5-22-16/h3-6,9-10,12,24H,1-2,7-8,11H2,(H2,21,23). The number of aromatic amines is 1. The minimum atomic E-state index is -0.310. The van der Waals surface area contributed by atoms with Crippen LogP contribution in [0, 0.1) is 11.7 Å². The highest BCUT2D eigenvalue weighted by Gasteiger charge is 2.26. The van der Waals surface area contributed by atoms with Crippen molar-refractivity contribution in [3.63, 3.8) is 0 Å². The molecule has 6 nitrogen and oxygen atoms in total. The van der Waals surface area contributed by atoms with Gasteiger partial charge in [-0.15, -0.1) is 0 Å². The first-order chi connectivity index (χ1) is 12.6. The molecule has 1 atom stereocenters. The summed E-state index contributed by atoms with van der Waals surface area (Å²) >= 11 is 0. The van der Waals surface area contributed by atoms with Gasteiger partial charge in [0.1, 0.15) is 17.3 Å². The Morgan fingerprint density at radius 1 is 1.31 bits per heavy atom. The second-order valence-electron chi connectivity index (χ2n) is 6.77. The number of hydrogen-bond donors (Lipinski definition) is 2. The number of nitrogens with zero attached hydrogens (tertiary/aromatic N) is 3. The lowest BCUT2D eigenvalue weighted by Gasteiger charge is -2.32. The number of rotatable bonds is 3. The molecule has 1 saturated heterocycles. The van der Waals surface area contributed by atoms with Crippen LogP contribution in [0.3, 0.4) is 0 Å². The molecule has 1 amide bonds. The van der Waals surface area contributed by atoms with Gasteiger partial charge in [-0.05, 0) is 49.4 Å². The van der Waals surface area contributed by atoms with Crippen molar-refractivity contribution in [1.82, 2.24) is 19.9 Å². The molecule has 0 aliphatic carbocycles. The fourth-order valence-corrected chi connectivity index (χ4v) is 3.61. The smallest absolute Gasteiger partial charge is 0.270 e. The number of nitrogens with one attached hydrogen (secondary N) is 1. The molecule has 1 aliphatic heterocycles. The number of nitrogens with two attached hydrogens (primary N) is 1. The maximum absolute atomic E-state index is 13.4. The van der Waals surface area contributed by atoms with Crippen LogP contribution in [-0.4, -0.2) is 38.8 Å². The van der Waals surface area contributed by atoms with E-state index in [9.17, 15) is 9.18 Å². The van der Waals surface area contributed by atoms with E-state index in [1.807, 2.05) is 4.90 Å². The second kappa shape index (κ2) is 6.74. The van der Waals surface area contributed by atoms with E-state index < -0.39 is 0 Å². The van der Waals surface area contributed by atoms with Gasteiger partial charge in [-0.25, -0.2) is 9.37 Å². The lowest BCUT2D eigenvalue weighted by molar-refractivity contribution is 0.0668. The molecule has 1 aromatic carbocycles. The van der Waals surface area contributed by atoms with Gasteiger partial charge in [-0.3, -0.25) is 9.78 Å². The zero-order valence-corrected chi connectivity index (χ0v) is 14.3. The number of fused-ring (bicyclic) bond motifs is 1. The molecule has 0 saturated carbocycles. The van der Waals surface area contributed by atoms with Crippen LogP contribution < -0.4 is 5.73 Å². The van der Waals surface area contributed by atoms with Crippen LogP contribution in [-0.2, 0) is 6.42 Å². The topological polar surface area (TPSA) is 87.9 Å². The number of hydrogen-bond acceptors (Lipinski definition) is 4. The first kappa shape index (κ1) is 16.5. The Hall–Kier alpha value is -2.96. The normalized spacial score (nSPS) is 17.6. The van der Waals surface area contributed by atoms with E-state index in [4.69, 9.17) is 5.73 Å². The highest BCUT2D eigenvalue weighted by atomic mass is 19.1. The zero-order chi connectivity index (χ0) is 18.1. The van der Waals surface area contributed by atoms with Gasteiger partial charge in [0.05, 0.1) is 5.69 Å². The van der Waals surface area contributed by atoms with Crippen molar-refractivity contribution in [1.29, 1.82) is 0 Å². The van der Waals surface area contributed by atoms with E-state index in [0.29, 0.717) is 35.8 Å². The van der Waals surface area contributed by atoms with Crippen LogP contribution in [0.25, 0.3) is 10.9 Å². The third kappa shape index (κ3) is 3.24. The number of amides is 1. The van der Waals surface area contributed by atoms with E-state index in [1.54, 1.807) is 24.5 Å². The molecule has 7 heteroatoms. The maximum atomic E-state index is 13.4. The van der Waals surface area contributed by atoms with Crippen molar-refractivity contribution in [3.05, 3.63) is 53.9 Å². The Morgan fingerprint density at radius 2 is 2.15 bits per heavy atom. The van der Waals surface area contributed by atoms with Crippen LogP contribution in [0.2, 0.25) is 0 Å². The maximum Gasteiger partial charge on any atom is 0.270 e. The second-order valence-corrected chi connectivity index (χ2v) is 6.77. The Labute approximate surface area is 150 Å². The largest absolute Gasteiger partial charge is 0.382 e. The summed E-state index contributed by atoms with van der Waals surface area (Å²) < 4.78 is 13.4. The minimum absolute atomic E-state index is 0.0570. The molecule has 3 aromatic rings. The Kier molecular flexibility index (Phi) is 4.28. The van der Waals surface area contributed by atoms with Crippen LogP contribution in [0.5, 0.6) is 0 Å². The molecule has 1 aliphatic rings. The van der Waals surface area contributed by atoms with E-state index in [0.717, 1.165) is 30.6 Å². The summed E-state index contributed by atoms with van der Waals surface area (Å²) in [5, 5.41) is 0.703. The molecule has 2 aromatic heterocycles. The molecule has 26 heavy (non-hydrogen) atoms. The van der Waals surface area contributed by atoms with Crippen LogP contribution in [0.1, 0.15) is 29.0 Å². The Bertz CT molecular complexity index is 954. The van der Waals surface area contributed by atoms with E-state index in [2.05, 4.69) is 15.0 Å². The molecule has 134 valence electrons. The van der Waals surface area contributed by atoms with E-state index in [-0.39, 0.29) is 11.7 Å². The SMILES string of the molecule is Nc1nccnc1CC1CCCN(C(=O)c2cc3cc(F)ccc3[nH]2)C1. The zero-order valence-electron chi connectivity index (χ0n) is 14.3. The highest BCUT2D eigenvalue weighted by molar-refractivity contribution is 5.98.